The van der Waals surface area contributed by atoms with Crippen molar-refractivity contribution in [1.82, 2.24) is 9.97 Å². The first-order valence-electron chi connectivity index (χ1n) is 4.68. The Morgan fingerprint density at radius 2 is 2.19 bits per heavy atom. The van der Waals surface area contributed by atoms with Gasteiger partial charge in [-0.15, -0.1) is 0 Å². The zero-order valence-electron chi connectivity index (χ0n) is 8.42. The van der Waals surface area contributed by atoms with Crippen LogP contribution in [0.2, 0.25) is 0 Å². The Bertz CT molecular complexity index is 498. The van der Waals surface area contributed by atoms with Crippen molar-refractivity contribution in [2.75, 3.05) is 11.1 Å². The van der Waals surface area contributed by atoms with E-state index in [9.17, 15) is 4.79 Å². The summed E-state index contributed by atoms with van der Waals surface area (Å²) >= 11 is 0. The van der Waals surface area contributed by atoms with Gasteiger partial charge in [-0.1, -0.05) is 6.07 Å². The number of pyridine rings is 2. The molecular formula is C11H10N4O. The number of hydrogen-bond donors (Lipinski definition) is 2. The number of hydrogen-bond acceptors (Lipinski definition) is 4. The van der Waals surface area contributed by atoms with E-state index in [-0.39, 0.29) is 5.91 Å². The highest BCUT2D eigenvalue weighted by atomic mass is 16.1. The Hall–Kier alpha value is -2.43. The lowest BCUT2D eigenvalue weighted by molar-refractivity contribution is 0.102. The molecule has 0 saturated carbocycles. The fraction of sp³-hybridized carbons (Fsp3) is 0. The van der Waals surface area contributed by atoms with Crippen LogP contribution in [0.5, 0.6) is 0 Å². The number of amides is 1. The molecule has 5 heteroatoms. The molecule has 0 atom stereocenters. The van der Waals surface area contributed by atoms with Crippen LogP contribution in [0.25, 0.3) is 0 Å². The van der Waals surface area contributed by atoms with Crippen molar-refractivity contribution in [1.29, 1.82) is 0 Å². The third kappa shape index (κ3) is 2.33. The van der Waals surface area contributed by atoms with Gasteiger partial charge in [0.25, 0.3) is 5.91 Å². The molecule has 2 aromatic heterocycles. The number of nitrogens with one attached hydrogen (secondary N) is 1. The van der Waals surface area contributed by atoms with Crippen molar-refractivity contribution in [3.05, 3.63) is 48.5 Å². The van der Waals surface area contributed by atoms with Gasteiger partial charge in [-0.2, -0.15) is 0 Å². The predicted molar refractivity (Wildman–Crippen MR) is 60.8 cm³/mol. The van der Waals surface area contributed by atoms with Gasteiger partial charge in [-0.3, -0.25) is 14.8 Å². The van der Waals surface area contributed by atoms with Gasteiger partial charge < -0.3 is 11.1 Å². The predicted octanol–water partition coefficient (Wildman–Crippen LogP) is 1.31. The second kappa shape index (κ2) is 4.39. The molecule has 0 bridgehead atoms. The second-order valence-corrected chi connectivity index (χ2v) is 3.18. The highest BCUT2D eigenvalue weighted by Gasteiger charge is 2.06. The fourth-order valence-corrected chi connectivity index (χ4v) is 1.22. The lowest BCUT2D eigenvalue weighted by atomic mass is 10.3. The van der Waals surface area contributed by atoms with E-state index in [0.29, 0.717) is 17.1 Å². The quantitative estimate of drug-likeness (QED) is 0.789. The van der Waals surface area contributed by atoms with Crippen molar-refractivity contribution in [3.63, 3.8) is 0 Å². The molecule has 1 amide bonds. The Kier molecular flexibility index (Phi) is 2.77. The minimum absolute atomic E-state index is 0.284. The summed E-state index contributed by atoms with van der Waals surface area (Å²) in [5, 5.41) is 2.66. The third-order valence-corrected chi connectivity index (χ3v) is 1.91. The number of nitrogens with zero attached hydrogens (tertiary/aromatic N) is 2. The summed E-state index contributed by atoms with van der Waals surface area (Å²) in [6.45, 7) is 0. The smallest absolute Gasteiger partial charge is 0.274 e. The van der Waals surface area contributed by atoms with Crippen LogP contribution in [-0.2, 0) is 0 Å². The fourth-order valence-electron chi connectivity index (χ4n) is 1.22. The Morgan fingerprint density at radius 3 is 2.88 bits per heavy atom. The molecule has 3 N–H and O–H groups in total. The standard InChI is InChI=1S/C11H10N4O/c12-8-5-9(7-13-6-8)15-11(16)10-3-1-2-4-14-10/h1-7H,12H2,(H,15,16). The summed E-state index contributed by atoms with van der Waals surface area (Å²) in [5.41, 5.74) is 6.95. The minimum atomic E-state index is -0.284. The largest absolute Gasteiger partial charge is 0.397 e. The zero-order chi connectivity index (χ0) is 11.4. The summed E-state index contributed by atoms with van der Waals surface area (Å²) in [6.07, 6.45) is 4.60. The summed E-state index contributed by atoms with van der Waals surface area (Å²) in [7, 11) is 0. The van der Waals surface area contributed by atoms with Gasteiger partial charge in [0, 0.05) is 12.4 Å². The van der Waals surface area contributed by atoms with Crippen LogP contribution < -0.4 is 11.1 Å². The van der Waals surface area contributed by atoms with E-state index in [1.54, 1.807) is 30.5 Å². The molecule has 5 nitrogen and oxygen atoms in total. The van der Waals surface area contributed by atoms with Gasteiger partial charge in [0.05, 0.1) is 17.6 Å². The molecule has 0 aromatic carbocycles. The van der Waals surface area contributed by atoms with E-state index in [4.69, 9.17) is 5.73 Å². The van der Waals surface area contributed by atoms with Crippen LogP contribution in [0.15, 0.2) is 42.9 Å². The van der Waals surface area contributed by atoms with E-state index in [2.05, 4.69) is 15.3 Å². The van der Waals surface area contributed by atoms with Gasteiger partial charge in [-0.25, -0.2) is 0 Å². The van der Waals surface area contributed by atoms with Crippen LogP contribution >= 0.6 is 0 Å². The van der Waals surface area contributed by atoms with E-state index in [1.165, 1.54) is 12.4 Å². The number of carbonyl (C=O) groups is 1. The maximum absolute atomic E-state index is 11.7. The number of aromatic nitrogens is 2. The number of nitrogens with two attached hydrogens (primary N) is 1. The molecule has 2 aromatic rings. The highest BCUT2D eigenvalue weighted by Crippen LogP contribution is 2.10. The van der Waals surface area contributed by atoms with E-state index in [0.717, 1.165) is 0 Å². The van der Waals surface area contributed by atoms with E-state index >= 15 is 0 Å². The number of anilines is 2. The molecule has 16 heavy (non-hydrogen) atoms. The van der Waals surface area contributed by atoms with Gasteiger partial charge in [0.1, 0.15) is 5.69 Å². The van der Waals surface area contributed by atoms with Crippen LogP contribution in [0.3, 0.4) is 0 Å². The zero-order valence-corrected chi connectivity index (χ0v) is 8.42. The van der Waals surface area contributed by atoms with Crippen LogP contribution in [0.1, 0.15) is 10.5 Å². The first kappa shape index (κ1) is 10.1. The van der Waals surface area contributed by atoms with Crippen molar-refractivity contribution in [2.24, 2.45) is 0 Å². The molecule has 2 rings (SSSR count). The Balaban J connectivity index is 2.14. The van der Waals surface area contributed by atoms with E-state index < -0.39 is 0 Å². The molecule has 2 heterocycles. The summed E-state index contributed by atoms with van der Waals surface area (Å²) in [4.78, 5) is 19.5. The maximum Gasteiger partial charge on any atom is 0.274 e. The molecular weight excluding hydrogens is 204 g/mol. The topological polar surface area (TPSA) is 80.9 Å². The lowest BCUT2D eigenvalue weighted by Crippen LogP contribution is -2.13. The van der Waals surface area contributed by atoms with Crippen LogP contribution in [0.4, 0.5) is 11.4 Å². The van der Waals surface area contributed by atoms with Crippen molar-refractivity contribution < 1.29 is 4.79 Å². The van der Waals surface area contributed by atoms with Gasteiger partial charge in [0.15, 0.2) is 0 Å². The first-order chi connectivity index (χ1) is 7.75. The molecule has 80 valence electrons. The summed E-state index contributed by atoms with van der Waals surface area (Å²) in [5.74, 6) is -0.284. The van der Waals surface area contributed by atoms with Crippen LogP contribution in [-0.4, -0.2) is 15.9 Å². The number of nitrogen functional groups attached to an aromatic ring is 1. The minimum Gasteiger partial charge on any atom is -0.397 e. The number of rotatable bonds is 2. The Morgan fingerprint density at radius 1 is 1.31 bits per heavy atom. The molecule has 0 aliphatic rings. The van der Waals surface area contributed by atoms with E-state index in [1.807, 2.05) is 0 Å². The SMILES string of the molecule is Nc1cncc(NC(=O)c2ccccn2)c1. The molecule has 0 aliphatic heterocycles. The summed E-state index contributed by atoms with van der Waals surface area (Å²) in [6, 6.07) is 6.77. The van der Waals surface area contributed by atoms with Crippen LogP contribution in [0, 0.1) is 0 Å². The second-order valence-electron chi connectivity index (χ2n) is 3.18. The average molecular weight is 214 g/mol. The number of carbonyl (C=O) groups excluding carboxylic acids is 1. The third-order valence-electron chi connectivity index (χ3n) is 1.91. The molecule has 0 aliphatic carbocycles. The van der Waals surface area contributed by atoms with Gasteiger partial charge >= 0.3 is 0 Å². The highest BCUT2D eigenvalue weighted by molar-refractivity contribution is 6.02. The lowest BCUT2D eigenvalue weighted by Gasteiger charge is -2.04. The average Bonchev–Trinajstić information content (AvgIpc) is 2.30. The normalized spacial score (nSPS) is 9.75. The molecule has 0 radical (unpaired) electrons. The molecule has 0 saturated heterocycles. The first-order valence-corrected chi connectivity index (χ1v) is 4.68. The maximum atomic E-state index is 11.7. The molecule has 0 fully saturated rings. The van der Waals surface area contributed by atoms with Crippen molar-refractivity contribution in [2.45, 2.75) is 0 Å². The monoisotopic (exact) mass is 214 g/mol. The molecule has 0 spiro atoms. The van der Waals surface area contributed by atoms with Crippen molar-refractivity contribution in [3.8, 4) is 0 Å². The molecule has 0 unspecified atom stereocenters. The Labute approximate surface area is 92.3 Å². The van der Waals surface area contributed by atoms with Crippen molar-refractivity contribution >= 4 is 17.3 Å². The summed E-state index contributed by atoms with van der Waals surface area (Å²) < 4.78 is 0. The van der Waals surface area contributed by atoms with Gasteiger partial charge in [0.2, 0.25) is 0 Å². The van der Waals surface area contributed by atoms with Gasteiger partial charge in [-0.05, 0) is 18.2 Å².